The molecule has 18 heavy (non-hydrogen) atoms. The van der Waals surface area contributed by atoms with Crippen LogP contribution in [-0.4, -0.2) is 27.7 Å². The summed E-state index contributed by atoms with van der Waals surface area (Å²) in [6, 6.07) is 0. The van der Waals surface area contributed by atoms with Crippen molar-refractivity contribution in [3.05, 3.63) is 11.6 Å². The third-order valence-corrected chi connectivity index (χ3v) is 5.34. The van der Waals surface area contributed by atoms with E-state index < -0.39 is 17.1 Å². The Morgan fingerprint density at radius 1 is 1.44 bits per heavy atom. The second-order valence-corrected chi connectivity index (χ2v) is 6.61. The molecule has 2 aliphatic carbocycles. The number of aliphatic hydroxyl groups is 2. The van der Waals surface area contributed by atoms with E-state index in [0.29, 0.717) is 12.8 Å². The van der Waals surface area contributed by atoms with E-state index in [1.165, 1.54) is 0 Å². The van der Waals surface area contributed by atoms with Crippen LogP contribution < -0.4 is 0 Å². The fourth-order valence-corrected chi connectivity index (χ4v) is 3.89. The van der Waals surface area contributed by atoms with Crippen molar-refractivity contribution in [3.63, 3.8) is 0 Å². The van der Waals surface area contributed by atoms with E-state index in [-0.39, 0.29) is 17.6 Å². The molecule has 0 saturated heterocycles. The van der Waals surface area contributed by atoms with E-state index >= 15 is 0 Å². The molecule has 0 bridgehead atoms. The highest BCUT2D eigenvalue weighted by atomic mass is 16.3. The van der Waals surface area contributed by atoms with Gasteiger partial charge in [-0.05, 0) is 58.8 Å². The zero-order chi connectivity index (χ0) is 13.7. The summed E-state index contributed by atoms with van der Waals surface area (Å²) in [5, 5.41) is 20.4. The Labute approximate surface area is 109 Å². The predicted octanol–water partition coefficient (Wildman–Crippen LogP) is 2.07. The molecule has 5 unspecified atom stereocenters. The van der Waals surface area contributed by atoms with Crippen molar-refractivity contribution in [2.45, 2.75) is 58.7 Å². The topological polar surface area (TPSA) is 57.5 Å². The number of aliphatic hydroxyl groups excluding tert-OH is 1. The number of Topliss-reactive ketones (excluding diaryl/α,β-unsaturated/α-hetero) is 1. The molecule has 0 spiro atoms. The van der Waals surface area contributed by atoms with Gasteiger partial charge >= 0.3 is 0 Å². The standard InChI is InChI=1S/C15H24O3/c1-9-7-13(17)11-8-14(3,18)6-5-12(11)15(9,4)10(2)16/h7,11-13,17-18H,5-6,8H2,1-4H3. The van der Waals surface area contributed by atoms with Gasteiger partial charge in [0.2, 0.25) is 0 Å². The number of carbonyl (C=O) groups is 1. The predicted molar refractivity (Wildman–Crippen MR) is 70.0 cm³/mol. The van der Waals surface area contributed by atoms with Crippen molar-refractivity contribution in [1.29, 1.82) is 0 Å². The average Bonchev–Trinajstić information content (AvgIpc) is 2.24. The van der Waals surface area contributed by atoms with Gasteiger partial charge in [-0.15, -0.1) is 0 Å². The molecule has 0 aliphatic heterocycles. The lowest BCUT2D eigenvalue weighted by Crippen LogP contribution is -2.52. The minimum Gasteiger partial charge on any atom is -0.390 e. The van der Waals surface area contributed by atoms with Crippen LogP contribution >= 0.6 is 0 Å². The Bertz CT molecular complexity index is 397. The summed E-state index contributed by atoms with van der Waals surface area (Å²) in [6.07, 6.45) is 3.36. The molecule has 3 heteroatoms. The van der Waals surface area contributed by atoms with E-state index in [9.17, 15) is 15.0 Å². The van der Waals surface area contributed by atoms with Crippen LogP contribution in [0.15, 0.2) is 11.6 Å². The van der Waals surface area contributed by atoms with Gasteiger partial charge in [0, 0.05) is 5.41 Å². The normalized spacial score (nSPS) is 48.3. The highest BCUT2D eigenvalue weighted by molar-refractivity contribution is 5.86. The molecule has 102 valence electrons. The summed E-state index contributed by atoms with van der Waals surface area (Å²) in [5.41, 5.74) is -0.204. The fourth-order valence-electron chi connectivity index (χ4n) is 3.89. The van der Waals surface area contributed by atoms with Gasteiger partial charge in [-0.2, -0.15) is 0 Å². The van der Waals surface area contributed by atoms with Gasteiger partial charge < -0.3 is 10.2 Å². The quantitative estimate of drug-likeness (QED) is 0.702. The minimum atomic E-state index is -0.709. The van der Waals surface area contributed by atoms with E-state index in [4.69, 9.17) is 0 Å². The first-order chi connectivity index (χ1) is 8.18. The third kappa shape index (κ3) is 1.94. The molecule has 2 aliphatic rings. The molecule has 3 nitrogen and oxygen atoms in total. The van der Waals surface area contributed by atoms with Crippen molar-refractivity contribution in [1.82, 2.24) is 0 Å². The van der Waals surface area contributed by atoms with E-state index in [1.54, 1.807) is 6.92 Å². The largest absolute Gasteiger partial charge is 0.390 e. The number of rotatable bonds is 1. The molecule has 2 rings (SSSR count). The summed E-state index contributed by atoms with van der Waals surface area (Å²) in [6.45, 7) is 7.39. The number of ketones is 1. The molecule has 0 amide bonds. The zero-order valence-corrected chi connectivity index (χ0v) is 11.7. The Kier molecular flexibility index (Phi) is 3.19. The first-order valence-electron chi connectivity index (χ1n) is 6.79. The van der Waals surface area contributed by atoms with Crippen LogP contribution in [0.1, 0.15) is 47.0 Å². The number of hydrogen-bond donors (Lipinski definition) is 2. The van der Waals surface area contributed by atoms with E-state index in [2.05, 4.69) is 0 Å². The maximum Gasteiger partial charge on any atom is 0.139 e. The lowest BCUT2D eigenvalue weighted by Gasteiger charge is -2.51. The Morgan fingerprint density at radius 3 is 2.61 bits per heavy atom. The smallest absolute Gasteiger partial charge is 0.139 e. The van der Waals surface area contributed by atoms with Crippen LogP contribution in [0.25, 0.3) is 0 Å². The summed E-state index contributed by atoms with van der Waals surface area (Å²) in [4.78, 5) is 12.1. The van der Waals surface area contributed by atoms with Crippen molar-refractivity contribution in [2.75, 3.05) is 0 Å². The molecule has 0 aromatic rings. The minimum absolute atomic E-state index is 0.00801. The summed E-state index contributed by atoms with van der Waals surface area (Å²) < 4.78 is 0. The number of carbonyl (C=O) groups excluding carboxylic acids is 1. The molecular formula is C15H24O3. The van der Waals surface area contributed by atoms with Crippen LogP contribution in [0.4, 0.5) is 0 Å². The Morgan fingerprint density at radius 2 is 2.06 bits per heavy atom. The van der Waals surface area contributed by atoms with Crippen LogP contribution in [0.5, 0.6) is 0 Å². The second kappa shape index (κ2) is 4.17. The van der Waals surface area contributed by atoms with Gasteiger partial charge in [0.05, 0.1) is 11.7 Å². The molecule has 0 aromatic carbocycles. The van der Waals surface area contributed by atoms with Crippen LogP contribution in [-0.2, 0) is 4.79 Å². The summed E-state index contributed by atoms with van der Waals surface area (Å²) in [5.74, 6) is 0.307. The van der Waals surface area contributed by atoms with Crippen LogP contribution in [0.2, 0.25) is 0 Å². The monoisotopic (exact) mass is 252 g/mol. The lowest BCUT2D eigenvalue weighted by atomic mass is 9.54. The van der Waals surface area contributed by atoms with Crippen molar-refractivity contribution >= 4 is 5.78 Å². The van der Waals surface area contributed by atoms with Gasteiger partial charge in [-0.1, -0.05) is 11.6 Å². The average molecular weight is 252 g/mol. The zero-order valence-electron chi connectivity index (χ0n) is 11.7. The van der Waals surface area contributed by atoms with E-state index in [1.807, 2.05) is 26.8 Å². The van der Waals surface area contributed by atoms with Crippen molar-refractivity contribution in [2.24, 2.45) is 17.3 Å². The first kappa shape index (κ1) is 13.8. The van der Waals surface area contributed by atoms with Gasteiger partial charge in [0.15, 0.2) is 0 Å². The molecule has 1 fully saturated rings. The molecule has 5 atom stereocenters. The van der Waals surface area contributed by atoms with Gasteiger partial charge in [-0.25, -0.2) is 0 Å². The number of fused-ring (bicyclic) bond motifs is 1. The maximum absolute atomic E-state index is 12.1. The second-order valence-electron chi connectivity index (χ2n) is 6.61. The molecule has 0 aromatic heterocycles. The number of allylic oxidation sites excluding steroid dienone is 1. The van der Waals surface area contributed by atoms with Crippen LogP contribution in [0.3, 0.4) is 0 Å². The van der Waals surface area contributed by atoms with Crippen LogP contribution in [0, 0.1) is 17.3 Å². The molecular weight excluding hydrogens is 228 g/mol. The van der Waals surface area contributed by atoms with Gasteiger partial charge in [0.1, 0.15) is 5.78 Å². The van der Waals surface area contributed by atoms with Crippen molar-refractivity contribution < 1.29 is 15.0 Å². The highest BCUT2D eigenvalue weighted by Crippen LogP contribution is 2.53. The van der Waals surface area contributed by atoms with Gasteiger partial charge in [-0.3, -0.25) is 4.79 Å². The fraction of sp³-hybridized carbons (Fsp3) is 0.800. The summed E-state index contributed by atoms with van der Waals surface area (Å²) in [7, 11) is 0. The first-order valence-corrected chi connectivity index (χ1v) is 6.79. The molecule has 0 radical (unpaired) electrons. The third-order valence-electron chi connectivity index (χ3n) is 5.34. The number of hydrogen-bond acceptors (Lipinski definition) is 3. The Hall–Kier alpha value is -0.670. The van der Waals surface area contributed by atoms with E-state index in [0.717, 1.165) is 12.0 Å². The molecule has 0 heterocycles. The SMILES string of the molecule is CC(=O)C1(C)C(C)=CC(O)C2CC(C)(O)CCC21. The van der Waals surface area contributed by atoms with Crippen molar-refractivity contribution in [3.8, 4) is 0 Å². The molecule has 2 N–H and O–H groups in total. The summed E-state index contributed by atoms with van der Waals surface area (Å²) >= 11 is 0. The Balaban J connectivity index is 2.42. The van der Waals surface area contributed by atoms with Gasteiger partial charge in [0.25, 0.3) is 0 Å². The lowest BCUT2D eigenvalue weighted by molar-refractivity contribution is -0.135. The highest BCUT2D eigenvalue weighted by Gasteiger charge is 2.52. The molecule has 1 saturated carbocycles. The maximum atomic E-state index is 12.1.